The van der Waals surface area contributed by atoms with Crippen LogP contribution in [-0.2, 0) is 19.2 Å². The van der Waals surface area contributed by atoms with E-state index in [2.05, 4.69) is 36.4 Å². The molecular weight excluding hydrogens is 144 g/mol. The van der Waals surface area contributed by atoms with Gasteiger partial charge in [-0.15, -0.1) is 0 Å². The van der Waals surface area contributed by atoms with Gasteiger partial charge in [0.25, 0.3) is 0 Å². The van der Waals surface area contributed by atoms with Gasteiger partial charge in [-0.1, -0.05) is 0 Å². The molecule has 0 fully saturated rings. The quantitative estimate of drug-likeness (QED) is 0.540. The van der Waals surface area contributed by atoms with E-state index in [1.165, 1.54) is 5.56 Å². The van der Waals surface area contributed by atoms with Crippen molar-refractivity contribution in [3.8, 4) is 0 Å². The molecule has 46 valence electrons. The summed E-state index contributed by atoms with van der Waals surface area (Å²) in [6.45, 7) is 2.18. The Morgan fingerprint density at radius 1 is 1.22 bits per heavy atom. The van der Waals surface area contributed by atoms with E-state index in [9.17, 15) is 0 Å². The van der Waals surface area contributed by atoms with E-state index >= 15 is 0 Å². The molecule has 0 aliphatic rings. The molecule has 0 nitrogen and oxygen atoms in total. The molecule has 0 radical (unpaired) electrons. The molecule has 0 bridgehead atoms. The Morgan fingerprint density at radius 3 is 2.33 bits per heavy atom. The van der Waals surface area contributed by atoms with Crippen molar-refractivity contribution in [1.82, 2.24) is 0 Å². The summed E-state index contributed by atoms with van der Waals surface area (Å²) in [5, 5.41) is 2.31. The Bertz CT molecular complexity index is 194. The van der Waals surface area contributed by atoms with Crippen LogP contribution in [0.3, 0.4) is 0 Å². The maximum atomic E-state index is 2.31. The van der Waals surface area contributed by atoms with E-state index in [1.807, 2.05) is 0 Å². The van der Waals surface area contributed by atoms with Crippen molar-refractivity contribution in [3.05, 3.63) is 29.8 Å². The van der Waals surface area contributed by atoms with Gasteiger partial charge < -0.3 is 0 Å². The summed E-state index contributed by atoms with van der Waals surface area (Å²) in [6.07, 6.45) is 0. The zero-order valence-electron chi connectivity index (χ0n) is 5.81. The molecule has 1 heteroatoms. The van der Waals surface area contributed by atoms with Crippen LogP contribution in [0.5, 0.6) is 0 Å². The van der Waals surface area contributed by atoms with Crippen LogP contribution in [0.4, 0.5) is 0 Å². The van der Waals surface area contributed by atoms with Crippen LogP contribution in [0.15, 0.2) is 24.3 Å². The first-order chi connectivity index (χ1) is 4.34. The Balaban J connectivity index is 3.01. The SMILES string of the molecule is [CH3][Ti][c]1ccccc1C. The Kier molecular flexibility index (Phi) is 2.50. The van der Waals surface area contributed by atoms with Gasteiger partial charge in [-0.3, -0.25) is 0 Å². The van der Waals surface area contributed by atoms with Gasteiger partial charge in [-0.05, 0) is 0 Å². The summed E-state index contributed by atoms with van der Waals surface area (Å²) in [4.78, 5) is 0. The molecule has 0 aliphatic heterocycles. The summed E-state index contributed by atoms with van der Waals surface area (Å²) in [5.41, 5.74) is 1.46. The third-order valence-corrected chi connectivity index (χ3v) is 3.13. The van der Waals surface area contributed by atoms with Crippen LogP contribution < -0.4 is 3.87 Å². The van der Waals surface area contributed by atoms with Gasteiger partial charge in [0.2, 0.25) is 0 Å². The van der Waals surface area contributed by atoms with Crippen LogP contribution in [0.1, 0.15) is 5.56 Å². The van der Waals surface area contributed by atoms with E-state index < -0.39 is 0 Å². The zero-order chi connectivity index (χ0) is 6.69. The molecular formula is C8H10Ti. The van der Waals surface area contributed by atoms with Crippen molar-refractivity contribution >= 4 is 3.87 Å². The Labute approximate surface area is 65.2 Å². The van der Waals surface area contributed by atoms with Crippen molar-refractivity contribution < 1.29 is 19.2 Å². The first kappa shape index (κ1) is 7.05. The fourth-order valence-electron chi connectivity index (χ4n) is 0.853. The number of hydrogen-bond acceptors (Lipinski definition) is 0. The predicted molar refractivity (Wildman–Crippen MR) is 36.7 cm³/mol. The van der Waals surface area contributed by atoms with E-state index in [-0.39, 0.29) is 19.2 Å². The number of rotatable bonds is 1. The number of benzene rings is 1. The molecule has 0 saturated carbocycles. The van der Waals surface area contributed by atoms with Gasteiger partial charge in [-0.2, -0.15) is 0 Å². The summed E-state index contributed by atoms with van der Waals surface area (Å²) in [7, 11) is 0. The molecule has 1 aromatic rings. The molecule has 0 unspecified atom stereocenters. The van der Waals surface area contributed by atoms with Crippen LogP contribution in [0, 0.1) is 6.92 Å². The second kappa shape index (κ2) is 3.19. The van der Waals surface area contributed by atoms with Crippen molar-refractivity contribution in [2.24, 2.45) is 0 Å². The summed E-state index contributed by atoms with van der Waals surface area (Å²) in [5.74, 6) is 0. The monoisotopic (exact) mass is 154 g/mol. The average Bonchev–Trinajstić information content (AvgIpc) is 1.89. The van der Waals surface area contributed by atoms with Crippen LogP contribution >= 0.6 is 0 Å². The second-order valence-electron chi connectivity index (χ2n) is 2.06. The molecule has 0 saturated heterocycles. The minimum atomic E-state index is 0.171. The molecule has 0 N–H and O–H groups in total. The van der Waals surface area contributed by atoms with Crippen molar-refractivity contribution in [2.45, 2.75) is 12.2 Å². The van der Waals surface area contributed by atoms with Crippen LogP contribution in [0.2, 0.25) is 5.23 Å². The maximum absolute atomic E-state index is 2.31. The van der Waals surface area contributed by atoms with Gasteiger partial charge in [-0.25, -0.2) is 0 Å². The fraction of sp³-hybridized carbons (Fsp3) is 0.250. The molecule has 0 amide bonds. The molecule has 0 aliphatic carbocycles. The van der Waals surface area contributed by atoms with Crippen molar-refractivity contribution in [2.75, 3.05) is 0 Å². The normalized spacial score (nSPS) is 9.11. The van der Waals surface area contributed by atoms with E-state index in [1.54, 1.807) is 3.87 Å². The van der Waals surface area contributed by atoms with Crippen LogP contribution in [0.25, 0.3) is 0 Å². The average molecular weight is 154 g/mol. The molecule has 0 aromatic heterocycles. The first-order valence-electron chi connectivity index (χ1n) is 3.08. The van der Waals surface area contributed by atoms with E-state index in [0.29, 0.717) is 0 Å². The van der Waals surface area contributed by atoms with Crippen molar-refractivity contribution in [3.63, 3.8) is 0 Å². The number of aryl methyl sites for hydroxylation is 1. The molecule has 0 atom stereocenters. The van der Waals surface area contributed by atoms with E-state index in [0.717, 1.165) is 0 Å². The van der Waals surface area contributed by atoms with Crippen molar-refractivity contribution in [1.29, 1.82) is 0 Å². The Morgan fingerprint density at radius 2 is 1.89 bits per heavy atom. The predicted octanol–water partition coefficient (Wildman–Crippen LogP) is 1.75. The first-order valence-corrected chi connectivity index (χ1v) is 5.42. The molecule has 9 heavy (non-hydrogen) atoms. The van der Waals surface area contributed by atoms with Crippen LogP contribution in [-0.4, -0.2) is 0 Å². The third-order valence-electron chi connectivity index (χ3n) is 1.41. The second-order valence-corrected chi connectivity index (χ2v) is 3.69. The van der Waals surface area contributed by atoms with Gasteiger partial charge in [0.05, 0.1) is 0 Å². The van der Waals surface area contributed by atoms with Gasteiger partial charge in [0.15, 0.2) is 0 Å². The summed E-state index contributed by atoms with van der Waals surface area (Å²) in [6, 6.07) is 8.63. The van der Waals surface area contributed by atoms with Gasteiger partial charge >= 0.3 is 65.0 Å². The van der Waals surface area contributed by atoms with Gasteiger partial charge in [0.1, 0.15) is 0 Å². The third kappa shape index (κ3) is 1.67. The summed E-state index contributed by atoms with van der Waals surface area (Å²) < 4.78 is 1.58. The van der Waals surface area contributed by atoms with Gasteiger partial charge in [0, 0.05) is 0 Å². The topological polar surface area (TPSA) is 0 Å². The Hall–Kier alpha value is -0.0657. The van der Waals surface area contributed by atoms with E-state index in [4.69, 9.17) is 0 Å². The molecule has 1 rings (SSSR count). The fourth-order valence-corrected chi connectivity index (χ4v) is 2.01. The number of hydrogen-bond donors (Lipinski definition) is 0. The molecule has 0 spiro atoms. The minimum absolute atomic E-state index is 0.171. The summed E-state index contributed by atoms with van der Waals surface area (Å²) >= 11 is 0.171. The molecule has 0 heterocycles. The standard InChI is InChI=1S/C7H7.CH3.Ti/c1-7-5-3-2-4-6-7;;/h2-5H,1H3;1H3;. The zero-order valence-corrected chi connectivity index (χ0v) is 7.37. The molecule has 1 aromatic carbocycles.